The third-order valence-corrected chi connectivity index (χ3v) is 6.12. The van der Waals surface area contributed by atoms with Crippen LogP contribution in [0.2, 0.25) is 0 Å². The second-order valence-corrected chi connectivity index (χ2v) is 7.92. The van der Waals surface area contributed by atoms with Crippen molar-refractivity contribution in [1.82, 2.24) is 20.4 Å². The zero-order valence-electron chi connectivity index (χ0n) is 18.2. The van der Waals surface area contributed by atoms with Crippen LogP contribution >= 0.6 is 24.0 Å². The summed E-state index contributed by atoms with van der Waals surface area (Å²) in [4.78, 5) is 9.55. The molecule has 0 bridgehead atoms. The highest BCUT2D eigenvalue weighted by atomic mass is 127. The molecule has 0 radical (unpaired) electrons. The highest BCUT2D eigenvalue weighted by molar-refractivity contribution is 14.0. The molecule has 2 heterocycles. The van der Waals surface area contributed by atoms with Crippen molar-refractivity contribution >= 4 is 29.9 Å². The molecular formula is C22H38IN5O. The van der Waals surface area contributed by atoms with Gasteiger partial charge in [-0.25, -0.2) is 0 Å². The van der Waals surface area contributed by atoms with Crippen LogP contribution in [0.25, 0.3) is 0 Å². The normalized spacial score (nSPS) is 21.6. The molecule has 2 atom stereocenters. The smallest absolute Gasteiger partial charge is 0.191 e. The Balaban J connectivity index is 0.00000300. The second kappa shape index (κ2) is 12.6. The van der Waals surface area contributed by atoms with Crippen LogP contribution in [0.4, 0.5) is 0 Å². The van der Waals surface area contributed by atoms with Crippen LogP contribution in [0.5, 0.6) is 5.75 Å². The van der Waals surface area contributed by atoms with Gasteiger partial charge in [0.15, 0.2) is 5.96 Å². The first-order valence-electron chi connectivity index (χ1n) is 10.8. The highest BCUT2D eigenvalue weighted by Gasteiger charge is 2.25. The van der Waals surface area contributed by atoms with Crippen molar-refractivity contribution < 1.29 is 4.74 Å². The summed E-state index contributed by atoms with van der Waals surface area (Å²) < 4.78 is 5.45. The van der Waals surface area contributed by atoms with Gasteiger partial charge in [-0.1, -0.05) is 19.1 Å². The first-order chi connectivity index (χ1) is 13.7. The molecule has 3 rings (SSSR count). The van der Waals surface area contributed by atoms with Crippen LogP contribution in [0.15, 0.2) is 29.3 Å². The van der Waals surface area contributed by atoms with E-state index in [9.17, 15) is 0 Å². The molecule has 1 aromatic carbocycles. The van der Waals surface area contributed by atoms with E-state index in [1.165, 1.54) is 37.9 Å². The molecule has 2 unspecified atom stereocenters. The van der Waals surface area contributed by atoms with Gasteiger partial charge in [-0.15, -0.1) is 24.0 Å². The lowest BCUT2D eigenvalue weighted by Crippen LogP contribution is -2.44. The Labute approximate surface area is 193 Å². The minimum atomic E-state index is 0. The Bertz CT molecular complexity index is 635. The molecule has 2 aliphatic rings. The molecular weight excluding hydrogens is 477 g/mol. The largest absolute Gasteiger partial charge is 0.497 e. The summed E-state index contributed by atoms with van der Waals surface area (Å²) in [6, 6.07) is 8.81. The Hall–Kier alpha value is -1.06. The van der Waals surface area contributed by atoms with E-state index < -0.39 is 0 Å². The standard InChI is InChI=1S/C22H37N5O.HI/c1-4-26-13-10-18(17-26)15-24-22(23-2)25-16-21(27-11-5-6-12-27)19-8-7-9-20(14-19)28-3;/h7-9,14,18,21H,4-6,10-13,15-17H2,1-3H3,(H2,23,24,25);1H. The van der Waals surface area contributed by atoms with Gasteiger partial charge in [-0.2, -0.15) is 0 Å². The maximum atomic E-state index is 5.45. The Morgan fingerprint density at radius 3 is 2.69 bits per heavy atom. The molecule has 2 fully saturated rings. The number of benzene rings is 1. The van der Waals surface area contributed by atoms with Crippen molar-refractivity contribution in [2.75, 3.05) is 60.0 Å². The molecule has 6 nitrogen and oxygen atoms in total. The summed E-state index contributed by atoms with van der Waals surface area (Å²) in [6.45, 7) is 9.97. The van der Waals surface area contributed by atoms with Gasteiger partial charge in [0.2, 0.25) is 0 Å². The first-order valence-corrected chi connectivity index (χ1v) is 10.8. The van der Waals surface area contributed by atoms with E-state index in [-0.39, 0.29) is 24.0 Å². The summed E-state index contributed by atoms with van der Waals surface area (Å²) in [5.41, 5.74) is 1.30. The topological polar surface area (TPSA) is 52.1 Å². The lowest BCUT2D eigenvalue weighted by atomic mass is 10.1. The molecule has 2 N–H and O–H groups in total. The van der Waals surface area contributed by atoms with Gasteiger partial charge in [0.1, 0.15) is 5.75 Å². The van der Waals surface area contributed by atoms with E-state index >= 15 is 0 Å². The van der Waals surface area contributed by atoms with Crippen molar-refractivity contribution in [1.29, 1.82) is 0 Å². The number of guanidine groups is 1. The van der Waals surface area contributed by atoms with Gasteiger partial charge >= 0.3 is 0 Å². The number of nitrogens with one attached hydrogen (secondary N) is 2. The Morgan fingerprint density at radius 2 is 2.03 bits per heavy atom. The zero-order valence-corrected chi connectivity index (χ0v) is 20.5. The fraction of sp³-hybridized carbons (Fsp3) is 0.682. The van der Waals surface area contributed by atoms with Crippen molar-refractivity contribution in [3.8, 4) is 5.75 Å². The summed E-state index contributed by atoms with van der Waals surface area (Å²) >= 11 is 0. The van der Waals surface area contributed by atoms with Gasteiger partial charge in [0.25, 0.3) is 0 Å². The molecule has 7 heteroatoms. The number of aliphatic imine (C=N–C) groups is 1. The van der Waals surface area contributed by atoms with E-state index in [4.69, 9.17) is 4.74 Å². The molecule has 0 saturated carbocycles. The highest BCUT2D eigenvalue weighted by Crippen LogP contribution is 2.27. The van der Waals surface area contributed by atoms with Crippen LogP contribution < -0.4 is 15.4 Å². The maximum absolute atomic E-state index is 5.45. The van der Waals surface area contributed by atoms with Gasteiger partial charge in [-0.05, 0) is 69.1 Å². The average molecular weight is 515 g/mol. The van der Waals surface area contributed by atoms with E-state index in [1.54, 1.807) is 7.11 Å². The molecule has 0 aromatic heterocycles. The predicted octanol–water partition coefficient (Wildman–Crippen LogP) is 2.96. The summed E-state index contributed by atoms with van der Waals surface area (Å²) in [5.74, 6) is 2.54. The van der Waals surface area contributed by atoms with E-state index in [0.717, 1.165) is 44.4 Å². The number of hydrogen-bond donors (Lipinski definition) is 2. The van der Waals surface area contributed by atoms with Crippen molar-refractivity contribution in [2.45, 2.75) is 32.2 Å². The third kappa shape index (κ3) is 7.00. The second-order valence-electron chi connectivity index (χ2n) is 7.92. The molecule has 29 heavy (non-hydrogen) atoms. The molecule has 0 aliphatic carbocycles. The van der Waals surface area contributed by atoms with E-state index in [0.29, 0.717) is 12.0 Å². The maximum Gasteiger partial charge on any atom is 0.191 e. The van der Waals surface area contributed by atoms with Crippen molar-refractivity contribution in [3.63, 3.8) is 0 Å². The SMILES string of the molecule is CCN1CCC(CNC(=NC)NCC(c2cccc(OC)c2)N2CCCC2)C1.I. The Morgan fingerprint density at radius 1 is 1.24 bits per heavy atom. The van der Waals surface area contributed by atoms with Crippen LogP contribution in [-0.2, 0) is 0 Å². The number of ether oxygens (including phenoxy) is 1. The van der Waals surface area contributed by atoms with Crippen LogP contribution in [-0.4, -0.2) is 75.7 Å². The molecule has 1 aromatic rings. The van der Waals surface area contributed by atoms with E-state index in [1.807, 2.05) is 13.1 Å². The van der Waals surface area contributed by atoms with E-state index in [2.05, 4.69) is 50.5 Å². The third-order valence-electron chi connectivity index (χ3n) is 6.12. The number of methoxy groups -OCH3 is 1. The van der Waals surface area contributed by atoms with Crippen LogP contribution in [0.1, 0.15) is 37.8 Å². The zero-order chi connectivity index (χ0) is 19.8. The molecule has 2 aliphatic heterocycles. The summed E-state index contributed by atoms with van der Waals surface area (Å²) in [5, 5.41) is 7.12. The number of rotatable bonds is 8. The monoisotopic (exact) mass is 515 g/mol. The van der Waals surface area contributed by atoms with Gasteiger partial charge in [0, 0.05) is 26.7 Å². The first kappa shape index (κ1) is 24.2. The van der Waals surface area contributed by atoms with Crippen molar-refractivity contribution in [2.24, 2.45) is 10.9 Å². The van der Waals surface area contributed by atoms with Gasteiger partial charge < -0.3 is 20.3 Å². The lowest BCUT2D eigenvalue weighted by molar-refractivity contribution is 0.245. The minimum absolute atomic E-state index is 0. The lowest BCUT2D eigenvalue weighted by Gasteiger charge is -2.29. The van der Waals surface area contributed by atoms with Gasteiger partial charge in [-0.3, -0.25) is 9.89 Å². The van der Waals surface area contributed by atoms with Crippen LogP contribution in [0, 0.1) is 5.92 Å². The van der Waals surface area contributed by atoms with Crippen LogP contribution in [0.3, 0.4) is 0 Å². The predicted molar refractivity (Wildman–Crippen MR) is 132 cm³/mol. The minimum Gasteiger partial charge on any atom is -0.497 e. The number of hydrogen-bond acceptors (Lipinski definition) is 4. The summed E-state index contributed by atoms with van der Waals surface area (Å²) in [6.07, 6.45) is 3.84. The van der Waals surface area contributed by atoms with Gasteiger partial charge in [0.05, 0.1) is 13.2 Å². The summed E-state index contributed by atoms with van der Waals surface area (Å²) in [7, 11) is 3.59. The Kier molecular flexibility index (Phi) is 10.5. The molecule has 0 spiro atoms. The number of halogens is 1. The molecule has 2 saturated heterocycles. The fourth-order valence-corrected chi connectivity index (χ4v) is 4.38. The molecule has 164 valence electrons. The molecule has 0 amide bonds. The number of likely N-dealkylation sites (tertiary alicyclic amines) is 2. The quantitative estimate of drug-likeness (QED) is 0.317. The number of nitrogens with zero attached hydrogens (tertiary/aromatic N) is 3. The van der Waals surface area contributed by atoms with Crippen molar-refractivity contribution in [3.05, 3.63) is 29.8 Å². The fourth-order valence-electron chi connectivity index (χ4n) is 4.38. The average Bonchev–Trinajstić information content (AvgIpc) is 3.42.